The monoisotopic (exact) mass is 447 g/mol. The SMILES string of the molecule is COc1cc(CCNC(=O)c2cnn(-c3ccc(F)cc3)c2C(C)C)ccc1OC(F)F. The number of hydrogen-bond acceptors (Lipinski definition) is 4. The van der Waals surface area contributed by atoms with Crippen LogP contribution in [0.4, 0.5) is 13.2 Å². The number of rotatable bonds is 9. The predicted octanol–water partition coefficient (Wildman–Crippen LogP) is 4.72. The van der Waals surface area contributed by atoms with Crippen LogP contribution in [-0.2, 0) is 6.42 Å². The Morgan fingerprint density at radius 2 is 1.84 bits per heavy atom. The van der Waals surface area contributed by atoms with E-state index in [4.69, 9.17) is 4.74 Å². The van der Waals surface area contributed by atoms with E-state index >= 15 is 0 Å². The molecule has 3 aromatic rings. The molecule has 32 heavy (non-hydrogen) atoms. The van der Waals surface area contributed by atoms with Gasteiger partial charge in [-0.3, -0.25) is 4.79 Å². The number of amides is 1. The van der Waals surface area contributed by atoms with E-state index in [1.165, 1.54) is 31.5 Å². The third kappa shape index (κ3) is 5.40. The number of carbonyl (C=O) groups excluding carboxylic acids is 1. The first-order valence-corrected chi connectivity index (χ1v) is 10.0. The highest BCUT2D eigenvalue weighted by molar-refractivity contribution is 5.95. The number of nitrogens with zero attached hydrogens (tertiary/aromatic N) is 2. The molecule has 3 rings (SSSR count). The van der Waals surface area contributed by atoms with Gasteiger partial charge in [0.15, 0.2) is 11.5 Å². The molecule has 1 N–H and O–H groups in total. The van der Waals surface area contributed by atoms with E-state index in [-0.39, 0.29) is 29.1 Å². The summed E-state index contributed by atoms with van der Waals surface area (Å²) in [6, 6.07) is 10.5. The molecule has 0 spiro atoms. The molecule has 2 aromatic carbocycles. The molecule has 170 valence electrons. The van der Waals surface area contributed by atoms with Gasteiger partial charge in [0.05, 0.1) is 30.3 Å². The second kappa shape index (κ2) is 10.2. The van der Waals surface area contributed by atoms with Crippen LogP contribution in [0.1, 0.15) is 41.4 Å². The van der Waals surface area contributed by atoms with Crippen molar-refractivity contribution in [2.24, 2.45) is 0 Å². The summed E-state index contributed by atoms with van der Waals surface area (Å²) in [5, 5.41) is 7.18. The number of benzene rings is 2. The highest BCUT2D eigenvalue weighted by Gasteiger charge is 2.21. The molecule has 0 fully saturated rings. The minimum absolute atomic E-state index is 0.00468. The van der Waals surface area contributed by atoms with Crippen molar-refractivity contribution < 1.29 is 27.4 Å². The third-order valence-corrected chi connectivity index (χ3v) is 4.81. The minimum atomic E-state index is -2.94. The normalized spacial score (nSPS) is 11.1. The molecular formula is C23H24F3N3O3. The molecule has 1 aromatic heterocycles. The number of halogens is 3. The standard InChI is InChI=1S/C23H24F3N3O3/c1-14(2)21-18(13-28-29(21)17-7-5-16(24)6-8-17)22(30)27-11-10-15-4-9-19(32-23(25)26)20(12-15)31-3/h4-9,12-14,23H,10-11H2,1-3H3,(H,27,30). The lowest BCUT2D eigenvalue weighted by molar-refractivity contribution is -0.0512. The zero-order chi connectivity index (χ0) is 23.3. The van der Waals surface area contributed by atoms with Crippen LogP contribution in [0.2, 0.25) is 0 Å². The van der Waals surface area contributed by atoms with Gasteiger partial charge in [0.2, 0.25) is 0 Å². The lowest BCUT2D eigenvalue weighted by Gasteiger charge is -2.13. The van der Waals surface area contributed by atoms with E-state index in [1.54, 1.807) is 28.9 Å². The Labute approximate surface area is 184 Å². The van der Waals surface area contributed by atoms with Crippen molar-refractivity contribution in [2.75, 3.05) is 13.7 Å². The Morgan fingerprint density at radius 3 is 2.47 bits per heavy atom. The van der Waals surface area contributed by atoms with Gasteiger partial charge in [-0.25, -0.2) is 9.07 Å². The molecule has 0 saturated carbocycles. The molecule has 0 saturated heterocycles. The van der Waals surface area contributed by atoms with Crippen LogP contribution in [0.25, 0.3) is 5.69 Å². The van der Waals surface area contributed by atoms with Gasteiger partial charge in [-0.05, 0) is 54.3 Å². The Bertz CT molecular complexity index is 1070. The van der Waals surface area contributed by atoms with E-state index in [2.05, 4.69) is 15.2 Å². The number of methoxy groups -OCH3 is 1. The molecule has 1 heterocycles. The van der Waals surface area contributed by atoms with Crippen LogP contribution in [0, 0.1) is 5.82 Å². The minimum Gasteiger partial charge on any atom is -0.493 e. The summed E-state index contributed by atoms with van der Waals surface area (Å²) < 4.78 is 49.3. The molecule has 0 unspecified atom stereocenters. The summed E-state index contributed by atoms with van der Waals surface area (Å²) in [6.07, 6.45) is 1.95. The Morgan fingerprint density at radius 1 is 1.12 bits per heavy atom. The van der Waals surface area contributed by atoms with Crippen LogP contribution in [-0.4, -0.2) is 36.0 Å². The Kier molecular flexibility index (Phi) is 7.40. The van der Waals surface area contributed by atoms with Gasteiger partial charge in [-0.15, -0.1) is 0 Å². The predicted molar refractivity (Wildman–Crippen MR) is 113 cm³/mol. The average Bonchev–Trinajstić information content (AvgIpc) is 3.20. The van der Waals surface area contributed by atoms with Crippen molar-refractivity contribution in [3.05, 3.63) is 71.3 Å². The number of alkyl halides is 2. The first-order valence-electron chi connectivity index (χ1n) is 10.0. The van der Waals surface area contributed by atoms with Crippen molar-refractivity contribution in [3.63, 3.8) is 0 Å². The first kappa shape index (κ1) is 23.2. The Balaban J connectivity index is 1.70. The second-order valence-electron chi connectivity index (χ2n) is 7.36. The van der Waals surface area contributed by atoms with E-state index in [0.29, 0.717) is 29.9 Å². The van der Waals surface area contributed by atoms with E-state index in [0.717, 1.165) is 5.56 Å². The van der Waals surface area contributed by atoms with Crippen LogP contribution in [0.3, 0.4) is 0 Å². The maximum absolute atomic E-state index is 13.3. The van der Waals surface area contributed by atoms with Gasteiger partial charge in [-0.1, -0.05) is 19.9 Å². The van der Waals surface area contributed by atoms with Gasteiger partial charge >= 0.3 is 6.61 Å². The smallest absolute Gasteiger partial charge is 0.387 e. The summed E-state index contributed by atoms with van der Waals surface area (Å²) in [6.45, 7) is 1.27. The molecule has 0 aliphatic carbocycles. The molecular weight excluding hydrogens is 423 g/mol. The second-order valence-corrected chi connectivity index (χ2v) is 7.36. The summed E-state index contributed by atoms with van der Waals surface area (Å²) in [5.41, 5.74) is 2.59. The largest absolute Gasteiger partial charge is 0.493 e. The van der Waals surface area contributed by atoms with Gasteiger partial charge in [0, 0.05) is 6.54 Å². The maximum atomic E-state index is 13.3. The van der Waals surface area contributed by atoms with E-state index in [1.807, 2.05) is 13.8 Å². The average molecular weight is 447 g/mol. The zero-order valence-corrected chi connectivity index (χ0v) is 17.9. The van der Waals surface area contributed by atoms with Crippen LogP contribution >= 0.6 is 0 Å². The summed E-state index contributed by atoms with van der Waals surface area (Å²) in [5.74, 6) is -0.501. The first-order chi connectivity index (χ1) is 15.3. The topological polar surface area (TPSA) is 65.4 Å². The van der Waals surface area contributed by atoms with Crippen molar-refractivity contribution in [1.82, 2.24) is 15.1 Å². The van der Waals surface area contributed by atoms with E-state index in [9.17, 15) is 18.0 Å². The van der Waals surface area contributed by atoms with Crippen LogP contribution in [0.5, 0.6) is 11.5 Å². The van der Waals surface area contributed by atoms with Crippen LogP contribution in [0.15, 0.2) is 48.7 Å². The van der Waals surface area contributed by atoms with E-state index < -0.39 is 6.61 Å². The molecule has 9 heteroatoms. The van der Waals surface area contributed by atoms with Gasteiger partial charge in [0.1, 0.15) is 5.82 Å². The molecule has 0 aliphatic rings. The van der Waals surface area contributed by atoms with Crippen molar-refractivity contribution in [2.45, 2.75) is 32.8 Å². The highest BCUT2D eigenvalue weighted by Crippen LogP contribution is 2.29. The summed E-state index contributed by atoms with van der Waals surface area (Å²) in [7, 11) is 1.37. The molecule has 6 nitrogen and oxygen atoms in total. The highest BCUT2D eigenvalue weighted by atomic mass is 19.3. The molecule has 0 radical (unpaired) electrons. The Hall–Kier alpha value is -3.49. The van der Waals surface area contributed by atoms with Crippen LogP contribution < -0.4 is 14.8 Å². The molecule has 0 bridgehead atoms. The quantitative estimate of drug-likeness (QED) is 0.516. The van der Waals surface area contributed by atoms with Gasteiger partial charge < -0.3 is 14.8 Å². The maximum Gasteiger partial charge on any atom is 0.387 e. The number of nitrogens with one attached hydrogen (secondary N) is 1. The van der Waals surface area contributed by atoms with Crippen molar-refractivity contribution in [3.8, 4) is 17.2 Å². The molecule has 1 amide bonds. The molecule has 0 atom stereocenters. The zero-order valence-electron chi connectivity index (χ0n) is 17.9. The number of ether oxygens (including phenoxy) is 2. The number of aromatic nitrogens is 2. The van der Waals surface area contributed by atoms with Gasteiger partial charge in [-0.2, -0.15) is 13.9 Å². The third-order valence-electron chi connectivity index (χ3n) is 4.81. The lowest BCUT2D eigenvalue weighted by atomic mass is 10.0. The fourth-order valence-electron chi connectivity index (χ4n) is 3.35. The van der Waals surface area contributed by atoms with Crippen molar-refractivity contribution >= 4 is 5.91 Å². The summed E-state index contributed by atoms with van der Waals surface area (Å²) in [4.78, 5) is 12.8. The molecule has 0 aliphatic heterocycles. The fourth-order valence-corrected chi connectivity index (χ4v) is 3.35. The summed E-state index contributed by atoms with van der Waals surface area (Å²) >= 11 is 0. The van der Waals surface area contributed by atoms with Crippen molar-refractivity contribution in [1.29, 1.82) is 0 Å². The van der Waals surface area contributed by atoms with Gasteiger partial charge in [0.25, 0.3) is 5.91 Å². The fraction of sp³-hybridized carbons (Fsp3) is 0.304. The lowest BCUT2D eigenvalue weighted by Crippen LogP contribution is -2.26. The number of hydrogen-bond donors (Lipinski definition) is 1. The number of carbonyl (C=O) groups is 1.